The van der Waals surface area contributed by atoms with Crippen molar-refractivity contribution in [1.82, 2.24) is 20.0 Å². The lowest BCUT2D eigenvalue weighted by Gasteiger charge is -2.15. The molecular weight excluding hydrogens is 323 g/mol. The maximum atomic E-state index is 13.0. The second-order valence-electron chi connectivity index (χ2n) is 4.52. The van der Waals surface area contributed by atoms with E-state index in [0.29, 0.717) is 12.3 Å². The fourth-order valence-corrected chi connectivity index (χ4v) is 2.65. The number of amides is 1. The topological polar surface area (TPSA) is 81.9 Å². The van der Waals surface area contributed by atoms with Gasteiger partial charge in [0.2, 0.25) is 11.0 Å². The summed E-state index contributed by atoms with van der Waals surface area (Å²) in [6.07, 6.45) is -4.30. The van der Waals surface area contributed by atoms with Crippen molar-refractivity contribution in [3.05, 3.63) is 22.5 Å². The Labute approximate surface area is 126 Å². The molecule has 0 radical (unpaired) electrons. The summed E-state index contributed by atoms with van der Waals surface area (Å²) in [5, 5.41) is 13.5. The molecule has 0 aromatic carbocycles. The molecule has 118 valence electrons. The lowest BCUT2D eigenvalue weighted by atomic mass is 10.1. The standard InChI is InChI=1S/C11H10F3N5O2S/c12-11(13,14)9-6-4-21-2-1-7(6)19(18-9)3-8(20)16-10-17-15-5-22-10/h5H,1-4H2,(H,16,17,20). The van der Waals surface area contributed by atoms with Crippen LogP contribution in [0, 0.1) is 0 Å². The first-order valence-electron chi connectivity index (χ1n) is 6.24. The molecule has 0 fully saturated rings. The van der Waals surface area contributed by atoms with Gasteiger partial charge in [-0.25, -0.2) is 0 Å². The molecule has 22 heavy (non-hydrogen) atoms. The summed E-state index contributed by atoms with van der Waals surface area (Å²) in [6, 6.07) is 0. The molecule has 0 bridgehead atoms. The largest absolute Gasteiger partial charge is 0.435 e. The van der Waals surface area contributed by atoms with Crippen LogP contribution < -0.4 is 5.32 Å². The zero-order valence-electron chi connectivity index (χ0n) is 11.1. The van der Waals surface area contributed by atoms with E-state index < -0.39 is 17.8 Å². The molecular formula is C11H10F3N5O2S. The van der Waals surface area contributed by atoms with E-state index >= 15 is 0 Å². The maximum absolute atomic E-state index is 13.0. The van der Waals surface area contributed by atoms with Gasteiger partial charge in [-0.3, -0.25) is 14.8 Å². The molecule has 2 aromatic heterocycles. The predicted molar refractivity (Wildman–Crippen MR) is 69.1 cm³/mol. The van der Waals surface area contributed by atoms with E-state index in [1.54, 1.807) is 0 Å². The highest BCUT2D eigenvalue weighted by atomic mass is 32.1. The van der Waals surface area contributed by atoms with Crippen LogP contribution in [0.4, 0.5) is 18.3 Å². The Kier molecular flexibility index (Phi) is 3.83. The predicted octanol–water partition coefficient (Wildman–Crippen LogP) is 1.46. The average molecular weight is 333 g/mol. The van der Waals surface area contributed by atoms with E-state index in [4.69, 9.17) is 4.74 Å². The molecule has 0 atom stereocenters. The normalized spacial score (nSPS) is 14.7. The van der Waals surface area contributed by atoms with Gasteiger partial charge in [0.1, 0.15) is 12.1 Å². The third-order valence-electron chi connectivity index (χ3n) is 3.06. The Balaban J connectivity index is 1.84. The van der Waals surface area contributed by atoms with Gasteiger partial charge in [-0.05, 0) is 0 Å². The van der Waals surface area contributed by atoms with E-state index in [0.717, 1.165) is 16.0 Å². The van der Waals surface area contributed by atoms with Crippen LogP contribution in [0.1, 0.15) is 17.0 Å². The molecule has 0 aliphatic carbocycles. The lowest BCUT2D eigenvalue weighted by Crippen LogP contribution is -2.22. The molecule has 1 aliphatic rings. The number of hydrogen-bond donors (Lipinski definition) is 1. The van der Waals surface area contributed by atoms with Gasteiger partial charge < -0.3 is 4.74 Å². The monoisotopic (exact) mass is 333 g/mol. The van der Waals surface area contributed by atoms with Gasteiger partial charge in [0.15, 0.2) is 5.69 Å². The Morgan fingerprint density at radius 3 is 3.00 bits per heavy atom. The third-order valence-corrected chi connectivity index (χ3v) is 3.67. The summed E-state index contributed by atoms with van der Waals surface area (Å²) in [6.45, 7) is -0.172. The quantitative estimate of drug-likeness (QED) is 0.920. The van der Waals surface area contributed by atoms with E-state index in [2.05, 4.69) is 20.6 Å². The van der Waals surface area contributed by atoms with E-state index in [1.165, 1.54) is 5.51 Å². The lowest BCUT2D eigenvalue weighted by molar-refractivity contribution is -0.143. The first-order valence-corrected chi connectivity index (χ1v) is 7.12. The SMILES string of the molecule is O=C(Cn1nc(C(F)(F)F)c2c1CCOC2)Nc1nncs1. The number of nitrogens with one attached hydrogen (secondary N) is 1. The first-order chi connectivity index (χ1) is 10.4. The van der Waals surface area contributed by atoms with Gasteiger partial charge >= 0.3 is 6.18 Å². The van der Waals surface area contributed by atoms with Crippen LogP contribution in [0.2, 0.25) is 0 Å². The number of hydrogen-bond acceptors (Lipinski definition) is 6. The molecule has 0 unspecified atom stereocenters. The van der Waals surface area contributed by atoms with Crippen molar-refractivity contribution in [2.24, 2.45) is 0 Å². The molecule has 3 rings (SSSR count). The van der Waals surface area contributed by atoms with Crippen LogP contribution in [-0.2, 0) is 35.3 Å². The summed E-state index contributed by atoms with van der Waals surface area (Å²) in [7, 11) is 0. The second-order valence-corrected chi connectivity index (χ2v) is 5.36. The highest BCUT2D eigenvalue weighted by molar-refractivity contribution is 7.13. The molecule has 0 saturated carbocycles. The minimum Gasteiger partial charge on any atom is -0.376 e. The highest BCUT2D eigenvalue weighted by Crippen LogP contribution is 2.34. The van der Waals surface area contributed by atoms with Gasteiger partial charge in [0, 0.05) is 17.7 Å². The molecule has 11 heteroatoms. The summed E-state index contributed by atoms with van der Waals surface area (Å²) >= 11 is 1.12. The van der Waals surface area contributed by atoms with Gasteiger partial charge in [0.05, 0.1) is 13.2 Å². The number of alkyl halides is 3. The van der Waals surface area contributed by atoms with Gasteiger partial charge in [-0.2, -0.15) is 18.3 Å². The minimum atomic E-state index is -4.58. The number of carbonyl (C=O) groups excluding carboxylic acids is 1. The number of halogens is 3. The third kappa shape index (κ3) is 2.95. The van der Waals surface area contributed by atoms with E-state index in [1.807, 2.05) is 0 Å². The van der Waals surface area contributed by atoms with Gasteiger partial charge in [-0.1, -0.05) is 11.3 Å². The van der Waals surface area contributed by atoms with E-state index in [9.17, 15) is 18.0 Å². The van der Waals surface area contributed by atoms with Crippen molar-refractivity contribution in [2.45, 2.75) is 25.7 Å². The van der Waals surface area contributed by atoms with Crippen LogP contribution in [-0.4, -0.2) is 32.5 Å². The van der Waals surface area contributed by atoms with E-state index in [-0.39, 0.29) is 30.3 Å². The molecule has 1 N–H and O–H groups in total. The fourth-order valence-electron chi connectivity index (χ4n) is 2.19. The van der Waals surface area contributed by atoms with Crippen molar-refractivity contribution >= 4 is 22.4 Å². The smallest absolute Gasteiger partial charge is 0.376 e. The van der Waals surface area contributed by atoms with Crippen LogP contribution in [0.15, 0.2) is 5.51 Å². The van der Waals surface area contributed by atoms with Crippen LogP contribution in [0.25, 0.3) is 0 Å². The Morgan fingerprint density at radius 1 is 1.50 bits per heavy atom. The van der Waals surface area contributed by atoms with Crippen LogP contribution in [0.3, 0.4) is 0 Å². The summed E-state index contributed by atoms with van der Waals surface area (Å²) in [4.78, 5) is 11.9. The van der Waals surface area contributed by atoms with Crippen LogP contribution >= 0.6 is 11.3 Å². The molecule has 0 spiro atoms. The second kappa shape index (κ2) is 5.65. The van der Waals surface area contributed by atoms with Gasteiger partial charge in [-0.15, -0.1) is 10.2 Å². The Bertz CT molecular complexity index is 683. The number of nitrogens with zero attached hydrogens (tertiary/aromatic N) is 4. The van der Waals surface area contributed by atoms with Crippen molar-refractivity contribution in [1.29, 1.82) is 0 Å². The molecule has 1 aliphatic heterocycles. The molecule has 2 aromatic rings. The van der Waals surface area contributed by atoms with Crippen molar-refractivity contribution in [2.75, 3.05) is 11.9 Å². The fraction of sp³-hybridized carbons (Fsp3) is 0.455. The maximum Gasteiger partial charge on any atom is 0.435 e. The summed E-state index contributed by atoms with van der Waals surface area (Å²) in [5.41, 5.74) is 0.823. The zero-order valence-corrected chi connectivity index (χ0v) is 11.9. The highest BCUT2D eigenvalue weighted by Gasteiger charge is 2.40. The number of aromatic nitrogens is 4. The minimum absolute atomic E-state index is 0.00228. The van der Waals surface area contributed by atoms with Crippen LogP contribution in [0.5, 0.6) is 0 Å². The Hall–Kier alpha value is -2.01. The number of ether oxygens (including phenoxy) is 1. The van der Waals surface area contributed by atoms with Crippen molar-refractivity contribution in [3.63, 3.8) is 0 Å². The number of rotatable bonds is 3. The number of fused-ring (bicyclic) bond motifs is 1. The zero-order chi connectivity index (χ0) is 15.7. The van der Waals surface area contributed by atoms with Crippen molar-refractivity contribution in [3.8, 4) is 0 Å². The molecule has 0 saturated heterocycles. The van der Waals surface area contributed by atoms with Gasteiger partial charge in [0.25, 0.3) is 0 Å². The molecule has 7 nitrogen and oxygen atoms in total. The molecule has 3 heterocycles. The first kappa shape index (κ1) is 14.9. The Morgan fingerprint density at radius 2 is 2.32 bits per heavy atom. The molecule has 1 amide bonds. The summed E-state index contributed by atoms with van der Waals surface area (Å²) < 4.78 is 45.1. The number of anilines is 1. The summed E-state index contributed by atoms with van der Waals surface area (Å²) in [5.74, 6) is -0.512. The number of carbonyl (C=O) groups is 1. The average Bonchev–Trinajstić information content (AvgIpc) is 3.06. The van der Waals surface area contributed by atoms with Crippen molar-refractivity contribution < 1.29 is 22.7 Å².